The first-order valence-corrected chi connectivity index (χ1v) is 9.64. The van der Waals surface area contributed by atoms with E-state index >= 15 is 0 Å². The van der Waals surface area contributed by atoms with Crippen LogP contribution in [0.1, 0.15) is 25.0 Å². The van der Waals surface area contributed by atoms with Crippen molar-refractivity contribution >= 4 is 38.6 Å². The molecule has 2 aromatic carbocycles. The fourth-order valence-electron chi connectivity index (χ4n) is 2.60. The fourth-order valence-corrected chi connectivity index (χ4v) is 3.66. The third-order valence-electron chi connectivity index (χ3n) is 4.13. The van der Waals surface area contributed by atoms with Crippen LogP contribution in [0.5, 0.6) is 0 Å². The molecule has 6 heteroatoms. The number of anilines is 1. The monoisotopic (exact) mass is 382 g/mol. The third-order valence-corrected chi connectivity index (χ3v) is 5.18. The molecule has 5 nitrogen and oxygen atoms in total. The van der Waals surface area contributed by atoms with Gasteiger partial charge in [0.15, 0.2) is 11.7 Å². The van der Waals surface area contributed by atoms with Crippen LogP contribution in [-0.4, -0.2) is 23.5 Å². The Balaban J connectivity index is 1.89. The Morgan fingerprint density at radius 2 is 1.85 bits per heavy atom. The normalized spacial score (nSPS) is 11.0. The highest BCUT2D eigenvalue weighted by molar-refractivity contribution is 7.22. The van der Waals surface area contributed by atoms with Crippen LogP contribution in [0.3, 0.4) is 0 Å². The Hall–Kier alpha value is -2.73. The van der Waals surface area contributed by atoms with Crippen molar-refractivity contribution in [1.29, 1.82) is 0 Å². The van der Waals surface area contributed by atoms with Gasteiger partial charge in [0.25, 0.3) is 5.91 Å². The van der Waals surface area contributed by atoms with Gasteiger partial charge in [0.05, 0.1) is 22.7 Å². The van der Waals surface area contributed by atoms with E-state index in [2.05, 4.69) is 4.98 Å². The van der Waals surface area contributed by atoms with E-state index < -0.39 is 0 Å². The van der Waals surface area contributed by atoms with Gasteiger partial charge in [0, 0.05) is 0 Å². The third kappa shape index (κ3) is 4.52. The number of hydrogen-bond acceptors (Lipinski definition) is 5. The number of carbonyl (C=O) groups excluding carboxylic acids is 2. The zero-order valence-electron chi connectivity index (χ0n) is 15.6. The molecule has 0 bridgehead atoms. The van der Waals surface area contributed by atoms with E-state index in [0.29, 0.717) is 11.7 Å². The summed E-state index contributed by atoms with van der Waals surface area (Å²) in [4.78, 5) is 30.9. The van der Waals surface area contributed by atoms with Crippen molar-refractivity contribution in [1.82, 2.24) is 4.98 Å². The number of amides is 1. The van der Waals surface area contributed by atoms with Gasteiger partial charge < -0.3 is 4.74 Å². The van der Waals surface area contributed by atoms with Crippen molar-refractivity contribution in [2.24, 2.45) is 5.92 Å². The number of hydrogen-bond donors (Lipinski definition) is 0. The number of fused-ring (bicyclic) bond motifs is 1. The summed E-state index contributed by atoms with van der Waals surface area (Å²) in [6, 6.07) is 15.7. The van der Waals surface area contributed by atoms with Crippen molar-refractivity contribution in [3.05, 3.63) is 59.7 Å². The largest absolute Gasteiger partial charge is 0.455 e. The summed E-state index contributed by atoms with van der Waals surface area (Å²) in [7, 11) is 0. The van der Waals surface area contributed by atoms with Crippen molar-refractivity contribution in [2.75, 3.05) is 11.5 Å². The number of thiazole rings is 1. The molecular weight excluding hydrogens is 360 g/mol. The number of aromatic nitrogens is 1. The van der Waals surface area contributed by atoms with Crippen LogP contribution in [0.25, 0.3) is 10.2 Å². The lowest BCUT2D eigenvalue weighted by Gasteiger charge is -2.20. The molecule has 27 heavy (non-hydrogen) atoms. The summed E-state index contributed by atoms with van der Waals surface area (Å²) in [5.41, 5.74) is 2.94. The molecule has 0 saturated carbocycles. The summed E-state index contributed by atoms with van der Waals surface area (Å²) >= 11 is 1.46. The maximum Gasteiger partial charge on any atom is 0.308 e. The average Bonchev–Trinajstić information content (AvgIpc) is 3.10. The smallest absolute Gasteiger partial charge is 0.308 e. The second kappa shape index (κ2) is 8.31. The molecule has 0 aliphatic rings. The highest BCUT2D eigenvalue weighted by atomic mass is 32.1. The van der Waals surface area contributed by atoms with Crippen LogP contribution in [0.4, 0.5) is 5.13 Å². The van der Waals surface area contributed by atoms with Crippen LogP contribution in [-0.2, 0) is 20.9 Å². The summed E-state index contributed by atoms with van der Waals surface area (Å²) in [6.07, 6.45) is 0. The predicted octanol–water partition coefficient (Wildman–Crippen LogP) is 4.34. The summed E-state index contributed by atoms with van der Waals surface area (Å²) in [5, 5.41) is 0.605. The molecule has 0 saturated heterocycles. The van der Waals surface area contributed by atoms with Gasteiger partial charge in [-0.15, -0.1) is 0 Å². The Morgan fingerprint density at radius 3 is 2.52 bits per heavy atom. The fraction of sp³-hybridized carbons (Fsp3) is 0.286. The molecule has 0 aliphatic carbocycles. The molecule has 0 radical (unpaired) electrons. The SMILES string of the molecule is Cc1cccc2sc(N(Cc3ccccc3)C(=O)COC(=O)C(C)C)nc12. The predicted molar refractivity (Wildman–Crippen MR) is 108 cm³/mol. The molecule has 0 fully saturated rings. The molecule has 0 N–H and O–H groups in total. The molecule has 140 valence electrons. The van der Waals surface area contributed by atoms with Crippen molar-refractivity contribution in [3.8, 4) is 0 Å². The van der Waals surface area contributed by atoms with Gasteiger partial charge in [0.2, 0.25) is 0 Å². The molecule has 3 aromatic rings. The Morgan fingerprint density at radius 1 is 1.11 bits per heavy atom. The van der Waals surface area contributed by atoms with E-state index in [1.807, 2.05) is 55.5 Å². The first-order valence-electron chi connectivity index (χ1n) is 8.83. The topological polar surface area (TPSA) is 59.5 Å². The number of benzene rings is 2. The second-order valence-corrected chi connectivity index (χ2v) is 7.66. The molecule has 0 aliphatic heterocycles. The first kappa shape index (κ1) is 19.0. The summed E-state index contributed by atoms with van der Waals surface area (Å²) in [6.45, 7) is 5.56. The van der Waals surface area contributed by atoms with E-state index in [1.54, 1.807) is 18.7 Å². The lowest BCUT2D eigenvalue weighted by molar-refractivity contribution is -0.151. The molecule has 0 unspecified atom stereocenters. The van der Waals surface area contributed by atoms with E-state index in [9.17, 15) is 9.59 Å². The van der Waals surface area contributed by atoms with Crippen molar-refractivity contribution < 1.29 is 14.3 Å². The van der Waals surface area contributed by atoms with E-state index in [-0.39, 0.29) is 24.4 Å². The van der Waals surface area contributed by atoms with E-state index in [0.717, 1.165) is 21.3 Å². The van der Waals surface area contributed by atoms with E-state index in [4.69, 9.17) is 4.74 Å². The van der Waals surface area contributed by atoms with Crippen LogP contribution < -0.4 is 4.90 Å². The zero-order chi connectivity index (χ0) is 19.4. The van der Waals surface area contributed by atoms with Crippen LogP contribution in [0.2, 0.25) is 0 Å². The molecule has 3 rings (SSSR count). The van der Waals surface area contributed by atoms with Gasteiger partial charge in [-0.05, 0) is 24.1 Å². The highest BCUT2D eigenvalue weighted by Crippen LogP contribution is 2.31. The van der Waals surface area contributed by atoms with Gasteiger partial charge in [-0.2, -0.15) is 0 Å². The zero-order valence-corrected chi connectivity index (χ0v) is 16.5. The van der Waals surface area contributed by atoms with Gasteiger partial charge >= 0.3 is 5.97 Å². The average molecular weight is 382 g/mol. The lowest BCUT2D eigenvalue weighted by Crippen LogP contribution is -2.34. The quantitative estimate of drug-likeness (QED) is 0.595. The van der Waals surface area contributed by atoms with Crippen molar-refractivity contribution in [2.45, 2.75) is 27.3 Å². The standard InChI is InChI=1S/C21H22N2O3S/c1-14(2)20(25)26-13-18(24)23(12-16-9-5-4-6-10-16)21-22-19-15(3)8-7-11-17(19)27-21/h4-11,14H,12-13H2,1-3H3. The number of ether oxygens (including phenoxy) is 1. The molecule has 0 atom stereocenters. The van der Waals surface area contributed by atoms with Crippen molar-refractivity contribution in [3.63, 3.8) is 0 Å². The Labute approximate surface area is 162 Å². The number of esters is 1. The number of para-hydroxylation sites is 1. The molecule has 1 aromatic heterocycles. The minimum Gasteiger partial charge on any atom is -0.455 e. The van der Waals surface area contributed by atoms with Gasteiger partial charge in [0.1, 0.15) is 0 Å². The summed E-state index contributed by atoms with van der Waals surface area (Å²) in [5.74, 6) is -0.946. The number of carbonyl (C=O) groups is 2. The number of nitrogens with zero attached hydrogens (tertiary/aromatic N) is 2. The summed E-state index contributed by atoms with van der Waals surface area (Å²) < 4.78 is 6.17. The lowest BCUT2D eigenvalue weighted by atomic mass is 10.2. The van der Waals surface area contributed by atoms with Crippen LogP contribution >= 0.6 is 11.3 Å². The molecule has 0 spiro atoms. The van der Waals surface area contributed by atoms with Crippen LogP contribution in [0.15, 0.2) is 48.5 Å². The van der Waals surface area contributed by atoms with E-state index in [1.165, 1.54) is 11.3 Å². The van der Waals surface area contributed by atoms with Crippen LogP contribution in [0, 0.1) is 12.8 Å². The maximum absolute atomic E-state index is 12.9. The molecule has 1 heterocycles. The number of rotatable bonds is 6. The van der Waals surface area contributed by atoms with Gasteiger partial charge in [-0.1, -0.05) is 67.6 Å². The Bertz CT molecular complexity index is 950. The minimum atomic E-state index is -0.386. The first-order chi connectivity index (χ1) is 13.0. The van der Waals surface area contributed by atoms with Gasteiger partial charge in [-0.3, -0.25) is 14.5 Å². The second-order valence-electron chi connectivity index (χ2n) is 6.65. The maximum atomic E-state index is 12.9. The number of aryl methyl sites for hydroxylation is 1. The highest BCUT2D eigenvalue weighted by Gasteiger charge is 2.22. The molecule has 1 amide bonds. The molecular formula is C21H22N2O3S. The Kier molecular flexibility index (Phi) is 5.86. The minimum absolute atomic E-state index is 0.273. The van der Waals surface area contributed by atoms with Gasteiger partial charge in [-0.25, -0.2) is 4.98 Å².